The van der Waals surface area contributed by atoms with Crippen molar-refractivity contribution in [3.63, 3.8) is 0 Å². The maximum absolute atomic E-state index is 13.0. The van der Waals surface area contributed by atoms with Gasteiger partial charge < -0.3 is 9.47 Å². The highest BCUT2D eigenvalue weighted by Crippen LogP contribution is 2.36. The minimum Gasteiger partial charge on any atom is -0.497 e. The average Bonchev–Trinajstić information content (AvgIpc) is 3.10. The van der Waals surface area contributed by atoms with Crippen LogP contribution in [0.5, 0.6) is 11.5 Å². The quantitative estimate of drug-likeness (QED) is 0.110. The molecular formula is C36H36O4S4. The third-order valence-electron chi connectivity index (χ3n) is 6.43. The molecule has 4 aromatic carbocycles. The first-order valence-corrected chi connectivity index (χ1v) is 18.4. The van der Waals surface area contributed by atoms with Crippen LogP contribution in [0.25, 0.3) is 11.1 Å². The van der Waals surface area contributed by atoms with Gasteiger partial charge in [-0.1, -0.05) is 60.7 Å². The van der Waals surface area contributed by atoms with Gasteiger partial charge in [-0.05, 0) is 84.7 Å². The van der Waals surface area contributed by atoms with Gasteiger partial charge in [0.2, 0.25) is 0 Å². The van der Waals surface area contributed by atoms with E-state index in [0.717, 1.165) is 42.2 Å². The van der Waals surface area contributed by atoms with Gasteiger partial charge in [-0.2, -0.15) is 0 Å². The highest BCUT2D eigenvalue weighted by molar-refractivity contribution is 8.22. The predicted molar refractivity (Wildman–Crippen MR) is 195 cm³/mol. The Labute approximate surface area is 278 Å². The third-order valence-corrected chi connectivity index (χ3v) is 10.7. The van der Waals surface area contributed by atoms with Gasteiger partial charge in [0, 0.05) is 22.3 Å². The Morgan fingerprint density at radius 3 is 0.977 bits per heavy atom. The molecule has 0 bridgehead atoms. The molecule has 0 saturated carbocycles. The maximum Gasteiger partial charge on any atom is 0.195 e. The predicted octanol–water partition coefficient (Wildman–Crippen LogP) is 9.95. The molecule has 0 atom stereocenters. The second-order valence-electron chi connectivity index (χ2n) is 8.99. The normalized spacial score (nSPS) is 10.1. The van der Waals surface area contributed by atoms with Gasteiger partial charge >= 0.3 is 0 Å². The van der Waals surface area contributed by atoms with Gasteiger partial charge in [0.25, 0.3) is 0 Å². The topological polar surface area (TPSA) is 52.6 Å². The zero-order chi connectivity index (χ0) is 31.9. The van der Waals surface area contributed by atoms with Gasteiger partial charge in [-0.15, -0.1) is 47.0 Å². The minimum atomic E-state index is 0.0348. The molecule has 0 N–H and O–H groups in total. The SMILES string of the molecule is COc1ccc(C(=O)C(=C(SC)SC)c2ccccc2)cc1.COc1ccc(C(=O)C(=C(SC)SC)c2ccccc2)cc1. The van der Waals surface area contributed by atoms with Crippen LogP contribution in [-0.4, -0.2) is 50.8 Å². The molecular weight excluding hydrogens is 625 g/mol. The molecule has 0 spiro atoms. The Bertz CT molecular complexity index is 1430. The summed E-state index contributed by atoms with van der Waals surface area (Å²) in [6.45, 7) is 0. The van der Waals surface area contributed by atoms with Crippen molar-refractivity contribution in [1.82, 2.24) is 0 Å². The van der Waals surface area contributed by atoms with E-state index < -0.39 is 0 Å². The lowest BCUT2D eigenvalue weighted by molar-refractivity contribution is 0.104. The van der Waals surface area contributed by atoms with Crippen molar-refractivity contribution in [2.45, 2.75) is 0 Å². The van der Waals surface area contributed by atoms with E-state index in [0.29, 0.717) is 11.1 Å². The lowest BCUT2D eigenvalue weighted by Gasteiger charge is -2.12. The summed E-state index contributed by atoms with van der Waals surface area (Å²) in [5.74, 6) is 1.56. The molecule has 0 fully saturated rings. The molecule has 0 aliphatic heterocycles. The molecule has 0 aliphatic rings. The van der Waals surface area contributed by atoms with Gasteiger partial charge in [0.1, 0.15) is 11.5 Å². The molecule has 0 aromatic heterocycles. The Kier molecular flexibility index (Phi) is 14.8. The summed E-state index contributed by atoms with van der Waals surface area (Å²) in [6.07, 6.45) is 7.98. The van der Waals surface area contributed by atoms with Crippen molar-refractivity contribution in [2.24, 2.45) is 0 Å². The van der Waals surface area contributed by atoms with Crippen molar-refractivity contribution in [2.75, 3.05) is 39.2 Å². The number of Topliss-reactive ketones (excluding diaryl/α,β-unsaturated/α-hetero) is 2. The molecule has 0 radical (unpaired) electrons. The zero-order valence-corrected chi connectivity index (χ0v) is 28.9. The van der Waals surface area contributed by atoms with E-state index in [-0.39, 0.29) is 11.6 Å². The monoisotopic (exact) mass is 660 g/mol. The molecule has 0 aliphatic carbocycles. The first kappa shape index (κ1) is 35.2. The van der Waals surface area contributed by atoms with Gasteiger partial charge in [-0.25, -0.2) is 0 Å². The molecule has 0 saturated heterocycles. The molecule has 0 amide bonds. The van der Waals surface area contributed by atoms with Crippen LogP contribution in [0.3, 0.4) is 0 Å². The van der Waals surface area contributed by atoms with E-state index in [9.17, 15) is 9.59 Å². The van der Waals surface area contributed by atoms with Gasteiger partial charge in [0.05, 0.1) is 22.7 Å². The Balaban J connectivity index is 0.000000240. The number of benzene rings is 4. The van der Waals surface area contributed by atoms with Crippen molar-refractivity contribution in [3.05, 3.63) is 140 Å². The Morgan fingerprint density at radius 2 is 0.727 bits per heavy atom. The largest absolute Gasteiger partial charge is 0.497 e. The van der Waals surface area contributed by atoms with Crippen LogP contribution in [0.1, 0.15) is 31.8 Å². The number of carbonyl (C=O) groups is 2. The van der Waals surface area contributed by atoms with E-state index in [4.69, 9.17) is 9.47 Å². The van der Waals surface area contributed by atoms with E-state index >= 15 is 0 Å². The number of rotatable bonds is 12. The summed E-state index contributed by atoms with van der Waals surface area (Å²) >= 11 is 6.40. The number of hydrogen-bond donors (Lipinski definition) is 0. The van der Waals surface area contributed by atoms with Crippen LogP contribution in [0.2, 0.25) is 0 Å². The van der Waals surface area contributed by atoms with Crippen LogP contribution in [0, 0.1) is 0 Å². The highest BCUT2D eigenvalue weighted by atomic mass is 32.2. The summed E-state index contributed by atoms with van der Waals surface area (Å²) in [5.41, 5.74) is 4.74. The molecule has 44 heavy (non-hydrogen) atoms. The second kappa shape index (κ2) is 18.5. The number of allylic oxidation sites excluding steroid dienone is 2. The van der Waals surface area contributed by atoms with Crippen molar-refractivity contribution in [1.29, 1.82) is 0 Å². The summed E-state index contributed by atoms with van der Waals surface area (Å²) in [7, 11) is 3.23. The summed E-state index contributed by atoms with van der Waals surface area (Å²) in [6, 6.07) is 34.1. The lowest BCUT2D eigenvalue weighted by atomic mass is 9.98. The van der Waals surface area contributed by atoms with E-state index in [1.807, 2.05) is 134 Å². The molecule has 8 heteroatoms. The Hall–Kier alpha value is -3.30. The van der Waals surface area contributed by atoms with Crippen molar-refractivity contribution < 1.29 is 19.1 Å². The number of methoxy groups -OCH3 is 2. The maximum atomic E-state index is 13.0. The van der Waals surface area contributed by atoms with Crippen molar-refractivity contribution >= 4 is 69.8 Å². The van der Waals surface area contributed by atoms with E-state index in [1.165, 1.54) is 0 Å². The minimum absolute atomic E-state index is 0.0348. The van der Waals surface area contributed by atoms with Gasteiger partial charge in [-0.3, -0.25) is 9.59 Å². The summed E-state index contributed by atoms with van der Waals surface area (Å²) in [4.78, 5) is 26.0. The fourth-order valence-electron chi connectivity index (χ4n) is 4.24. The molecule has 0 unspecified atom stereocenters. The molecule has 4 rings (SSSR count). The second-order valence-corrected chi connectivity index (χ2v) is 12.8. The fourth-order valence-corrected chi connectivity index (χ4v) is 7.23. The number of carbonyl (C=O) groups excluding carboxylic acids is 2. The van der Waals surface area contributed by atoms with Crippen LogP contribution < -0.4 is 9.47 Å². The molecule has 4 aromatic rings. The summed E-state index contributed by atoms with van der Waals surface area (Å²) in [5, 5.41) is 0. The van der Waals surface area contributed by atoms with Crippen LogP contribution in [-0.2, 0) is 0 Å². The highest BCUT2D eigenvalue weighted by Gasteiger charge is 2.20. The first-order chi connectivity index (χ1) is 21.4. The molecule has 0 heterocycles. The lowest BCUT2D eigenvalue weighted by Crippen LogP contribution is -2.04. The number of ether oxygens (including phenoxy) is 2. The summed E-state index contributed by atoms with van der Waals surface area (Å²) < 4.78 is 12.3. The van der Waals surface area contributed by atoms with Crippen molar-refractivity contribution in [3.8, 4) is 11.5 Å². The standard InChI is InChI=1S/2C18H18O2S2/c2*1-20-15-11-9-14(10-12-15)17(19)16(18(21-2)22-3)13-7-5-4-6-8-13/h2*4-12H,1-3H3. The van der Waals surface area contributed by atoms with E-state index in [1.54, 1.807) is 61.3 Å². The first-order valence-electron chi connectivity index (χ1n) is 13.5. The Morgan fingerprint density at radius 1 is 0.432 bits per heavy atom. The number of hydrogen-bond acceptors (Lipinski definition) is 8. The molecule has 4 nitrogen and oxygen atoms in total. The zero-order valence-electron chi connectivity index (χ0n) is 25.7. The van der Waals surface area contributed by atoms with Crippen LogP contribution in [0.4, 0.5) is 0 Å². The van der Waals surface area contributed by atoms with Gasteiger partial charge in [0.15, 0.2) is 11.6 Å². The van der Waals surface area contributed by atoms with Crippen LogP contribution in [0.15, 0.2) is 118 Å². The number of thioether (sulfide) groups is 4. The fraction of sp³-hybridized carbons (Fsp3) is 0.167. The number of ketones is 2. The molecule has 228 valence electrons. The third kappa shape index (κ3) is 9.35. The van der Waals surface area contributed by atoms with Crippen LogP contribution >= 0.6 is 47.0 Å². The smallest absolute Gasteiger partial charge is 0.195 e. The van der Waals surface area contributed by atoms with E-state index in [2.05, 4.69) is 0 Å². The average molecular weight is 661 g/mol.